The molecule has 2 aromatic heterocycles. The van der Waals surface area contributed by atoms with Crippen LogP contribution in [0.5, 0.6) is 0 Å². The van der Waals surface area contributed by atoms with Gasteiger partial charge in [0.25, 0.3) is 0 Å². The predicted octanol–water partition coefficient (Wildman–Crippen LogP) is 3.94. The van der Waals surface area contributed by atoms with Gasteiger partial charge in [-0.3, -0.25) is 4.98 Å². The first-order chi connectivity index (χ1) is 10.6. The van der Waals surface area contributed by atoms with Crippen LogP contribution < -0.4 is 0 Å². The second kappa shape index (κ2) is 6.10. The van der Waals surface area contributed by atoms with Crippen LogP contribution in [0, 0.1) is 19.7 Å². The molecule has 2 heterocycles. The molecule has 3 aromatic rings. The quantitative estimate of drug-likeness (QED) is 0.792. The van der Waals surface area contributed by atoms with Crippen LogP contribution in [-0.4, -0.2) is 15.0 Å². The number of benzene rings is 1. The standard InChI is InChI=1S/C18H18FN3/c1-12-5-3-8-15(18(12)19)16(17-10-20-11-21-17)9-14-7-4-6-13(2)22-14/h3-8,10-11,16H,9H2,1-2H3,(H,20,21). The van der Waals surface area contributed by atoms with E-state index in [4.69, 9.17) is 0 Å². The van der Waals surface area contributed by atoms with Gasteiger partial charge >= 0.3 is 0 Å². The maximum Gasteiger partial charge on any atom is 0.129 e. The van der Waals surface area contributed by atoms with E-state index in [0.29, 0.717) is 17.5 Å². The van der Waals surface area contributed by atoms with Gasteiger partial charge in [0, 0.05) is 35.6 Å². The molecule has 0 aliphatic carbocycles. The fraction of sp³-hybridized carbons (Fsp3) is 0.222. The summed E-state index contributed by atoms with van der Waals surface area (Å²) >= 11 is 0. The number of rotatable bonds is 4. The topological polar surface area (TPSA) is 41.6 Å². The van der Waals surface area contributed by atoms with E-state index in [1.807, 2.05) is 37.3 Å². The average molecular weight is 295 g/mol. The van der Waals surface area contributed by atoms with E-state index in [-0.39, 0.29) is 11.7 Å². The maximum absolute atomic E-state index is 14.6. The Bertz CT molecular complexity index is 766. The van der Waals surface area contributed by atoms with Gasteiger partial charge in [0.05, 0.1) is 6.33 Å². The highest BCUT2D eigenvalue weighted by Gasteiger charge is 2.21. The van der Waals surface area contributed by atoms with Crippen molar-refractivity contribution in [2.75, 3.05) is 0 Å². The molecular weight excluding hydrogens is 277 g/mol. The van der Waals surface area contributed by atoms with Crippen LogP contribution in [0.4, 0.5) is 4.39 Å². The van der Waals surface area contributed by atoms with E-state index in [1.165, 1.54) is 0 Å². The summed E-state index contributed by atoms with van der Waals surface area (Å²) in [7, 11) is 0. The van der Waals surface area contributed by atoms with Crippen molar-refractivity contribution in [2.24, 2.45) is 0 Å². The molecule has 0 amide bonds. The van der Waals surface area contributed by atoms with Crippen molar-refractivity contribution in [1.29, 1.82) is 0 Å². The largest absolute Gasteiger partial charge is 0.348 e. The molecule has 0 fully saturated rings. The van der Waals surface area contributed by atoms with Gasteiger partial charge in [-0.15, -0.1) is 0 Å². The van der Waals surface area contributed by atoms with Crippen LogP contribution >= 0.6 is 0 Å². The fourth-order valence-electron chi connectivity index (χ4n) is 2.71. The first-order valence-corrected chi connectivity index (χ1v) is 7.31. The highest BCUT2D eigenvalue weighted by molar-refractivity contribution is 5.34. The van der Waals surface area contributed by atoms with Crippen LogP contribution in [0.25, 0.3) is 0 Å². The summed E-state index contributed by atoms with van der Waals surface area (Å²) in [4.78, 5) is 11.7. The first-order valence-electron chi connectivity index (χ1n) is 7.31. The Labute approximate surface area is 129 Å². The molecule has 0 aliphatic heterocycles. The summed E-state index contributed by atoms with van der Waals surface area (Å²) in [5, 5.41) is 0. The molecule has 0 saturated carbocycles. The molecular formula is C18H18FN3. The van der Waals surface area contributed by atoms with Gasteiger partial charge in [0.15, 0.2) is 0 Å². The summed E-state index contributed by atoms with van der Waals surface area (Å²) in [6.45, 7) is 3.75. The lowest BCUT2D eigenvalue weighted by molar-refractivity contribution is 0.583. The van der Waals surface area contributed by atoms with Gasteiger partial charge in [0.1, 0.15) is 5.82 Å². The maximum atomic E-state index is 14.6. The van der Waals surface area contributed by atoms with Crippen LogP contribution in [0.2, 0.25) is 0 Å². The first kappa shape index (κ1) is 14.4. The van der Waals surface area contributed by atoms with Crippen molar-refractivity contribution in [1.82, 2.24) is 15.0 Å². The number of aromatic amines is 1. The number of nitrogens with one attached hydrogen (secondary N) is 1. The molecule has 112 valence electrons. The Morgan fingerprint density at radius 1 is 1.14 bits per heavy atom. The number of halogens is 1. The Kier molecular flexibility index (Phi) is 4.00. The molecule has 1 atom stereocenters. The van der Waals surface area contributed by atoms with E-state index >= 15 is 0 Å². The van der Waals surface area contributed by atoms with Crippen LogP contribution in [-0.2, 0) is 6.42 Å². The smallest absolute Gasteiger partial charge is 0.129 e. The zero-order valence-electron chi connectivity index (χ0n) is 12.7. The third-order valence-corrected chi connectivity index (χ3v) is 3.85. The highest BCUT2D eigenvalue weighted by Crippen LogP contribution is 2.29. The highest BCUT2D eigenvalue weighted by atomic mass is 19.1. The molecule has 1 unspecified atom stereocenters. The van der Waals surface area contributed by atoms with Gasteiger partial charge in [-0.05, 0) is 37.1 Å². The molecule has 1 aromatic carbocycles. The fourth-order valence-corrected chi connectivity index (χ4v) is 2.71. The molecule has 0 aliphatic rings. The minimum Gasteiger partial charge on any atom is -0.348 e. The summed E-state index contributed by atoms with van der Waals surface area (Å²) < 4.78 is 14.6. The van der Waals surface area contributed by atoms with Crippen molar-refractivity contribution in [3.63, 3.8) is 0 Å². The lowest BCUT2D eigenvalue weighted by Gasteiger charge is -2.17. The van der Waals surface area contributed by atoms with Crippen LogP contribution in [0.15, 0.2) is 48.9 Å². The third-order valence-electron chi connectivity index (χ3n) is 3.85. The molecule has 4 heteroatoms. The van der Waals surface area contributed by atoms with E-state index in [1.54, 1.807) is 25.5 Å². The SMILES string of the molecule is Cc1cccc(CC(c2cnc[nH]2)c2cccc(C)c2F)n1. The van der Waals surface area contributed by atoms with Gasteiger partial charge in [-0.2, -0.15) is 0 Å². The van der Waals surface area contributed by atoms with Crippen molar-refractivity contribution >= 4 is 0 Å². The Balaban J connectivity index is 2.03. The van der Waals surface area contributed by atoms with Crippen LogP contribution in [0.1, 0.15) is 34.1 Å². The number of aryl methyl sites for hydroxylation is 2. The summed E-state index contributed by atoms with van der Waals surface area (Å²) in [5.41, 5.74) is 4.13. The second-order valence-electron chi connectivity index (χ2n) is 5.51. The predicted molar refractivity (Wildman–Crippen MR) is 84.2 cm³/mol. The Morgan fingerprint density at radius 3 is 2.68 bits per heavy atom. The number of hydrogen-bond donors (Lipinski definition) is 1. The lowest BCUT2D eigenvalue weighted by atomic mass is 9.90. The summed E-state index contributed by atoms with van der Waals surface area (Å²) in [5.74, 6) is -0.286. The second-order valence-corrected chi connectivity index (χ2v) is 5.51. The molecule has 1 N–H and O–H groups in total. The normalized spacial score (nSPS) is 12.3. The minimum atomic E-state index is -0.158. The molecule has 0 saturated heterocycles. The van der Waals surface area contributed by atoms with Gasteiger partial charge < -0.3 is 4.98 Å². The molecule has 0 radical (unpaired) electrons. The number of imidazole rings is 1. The molecule has 0 spiro atoms. The number of aromatic nitrogens is 3. The van der Waals surface area contributed by atoms with Gasteiger partial charge in [-0.25, -0.2) is 9.37 Å². The lowest BCUT2D eigenvalue weighted by Crippen LogP contribution is -2.10. The van der Waals surface area contributed by atoms with E-state index in [0.717, 1.165) is 17.1 Å². The zero-order valence-corrected chi connectivity index (χ0v) is 12.7. The molecule has 3 nitrogen and oxygen atoms in total. The zero-order chi connectivity index (χ0) is 15.5. The molecule has 22 heavy (non-hydrogen) atoms. The van der Waals surface area contributed by atoms with E-state index < -0.39 is 0 Å². The van der Waals surface area contributed by atoms with Gasteiger partial charge in [-0.1, -0.05) is 24.3 Å². The third kappa shape index (κ3) is 2.91. The molecule has 0 bridgehead atoms. The monoisotopic (exact) mass is 295 g/mol. The van der Waals surface area contributed by atoms with Crippen molar-refractivity contribution in [2.45, 2.75) is 26.2 Å². The minimum absolute atomic E-state index is 0.128. The van der Waals surface area contributed by atoms with Crippen molar-refractivity contribution in [3.05, 3.63) is 82.9 Å². The number of H-pyrrole nitrogens is 1. The summed E-state index contributed by atoms with van der Waals surface area (Å²) in [6.07, 6.45) is 4.01. The van der Waals surface area contributed by atoms with Crippen molar-refractivity contribution < 1.29 is 4.39 Å². The summed E-state index contributed by atoms with van der Waals surface area (Å²) in [6, 6.07) is 11.4. The number of nitrogens with zero attached hydrogens (tertiary/aromatic N) is 2. The van der Waals surface area contributed by atoms with Gasteiger partial charge in [0.2, 0.25) is 0 Å². The molecule has 3 rings (SSSR count). The van der Waals surface area contributed by atoms with E-state index in [2.05, 4.69) is 15.0 Å². The Morgan fingerprint density at radius 2 is 1.95 bits per heavy atom. The number of pyridine rings is 1. The van der Waals surface area contributed by atoms with Crippen LogP contribution in [0.3, 0.4) is 0 Å². The Hall–Kier alpha value is -2.49. The number of hydrogen-bond acceptors (Lipinski definition) is 2. The van der Waals surface area contributed by atoms with E-state index in [9.17, 15) is 4.39 Å². The average Bonchev–Trinajstić information content (AvgIpc) is 3.02. The van der Waals surface area contributed by atoms with Crippen molar-refractivity contribution in [3.8, 4) is 0 Å².